The summed E-state index contributed by atoms with van der Waals surface area (Å²) in [4.78, 5) is 0. The van der Waals surface area contributed by atoms with Gasteiger partial charge in [-0.15, -0.1) is 0 Å². The van der Waals surface area contributed by atoms with Crippen LogP contribution < -0.4 is 5.73 Å². The summed E-state index contributed by atoms with van der Waals surface area (Å²) in [6, 6.07) is 8.27. The van der Waals surface area contributed by atoms with Gasteiger partial charge in [0.05, 0.1) is 5.69 Å². The van der Waals surface area contributed by atoms with E-state index in [0.29, 0.717) is 6.54 Å². The zero-order chi connectivity index (χ0) is 10.7. The molecule has 0 saturated carbocycles. The average Bonchev–Trinajstić information content (AvgIpc) is 2.66. The lowest BCUT2D eigenvalue weighted by atomic mass is 10.0. The van der Waals surface area contributed by atoms with Crippen LogP contribution >= 0.6 is 0 Å². The van der Waals surface area contributed by atoms with Crippen LogP contribution in [0, 0.1) is 6.92 Å². The third-order valence-corrected chi connectivity index (χ3v) is 2.35. The molecule has 1 heterocycles. The monoisotopic (exact) mass is 202 g/mol. The fourth-order valence-electron chi connectivity index (χ4n) is 1.62. The van der Waals surface area contributed by atoms with Crippen LogP contribution in [-0.2, 0) is 6.42 Å². The van der Waals surface area contributed by atoms with Crippen molar-refractivity contribution in [3.63, 3.8) is 0 Å². The lowest BCUT2D eigenvalue weighted by molar-refractivity contribution is 0.412. The predicted molar refractivity (Wildman–Crippen MR) is 59.4 cm³/mol. The molecule has 0 aliphatic carbocycles. The summed E-state index contributed by atoms with van der Waals surface area (Å²) in [6.45, 7) is 2.66. The van der Waals surface area contributed by atoms with Crippen molar-refractivity contribution in [3.8, 4) is 11.1 Å². The molecular weight excluding hydrogens is 188 g/mol. The molecular formula is C12H14N2O. The summed E-state index contributed by atoms with van der Waals surface area (Å²) in [7, 11) is 0. The van der Waals surface area contributed by atoms with Gasteiger partial charge in [-0.05, 0) is 19.0 Å². The fourth-order valence-corrected chi connectivity index (χ4v) is 1.62. The minimum Gasteiger partial charge on any atom is -0.364 e. The maximum Gasteiger partial charge on any atom is 0.131 e. The van der Waals surface area contributed by atoms with Gasteiger partial charge in [0.15, 0.2) is 0 Å². The maximum absolute atomic E-state index is 5.51. The van der Waals surface area contributed by atoms with Crippen molar-refractivity contribution in [2.24, 2.45) is 5.73 Å². The zero-order valence-electron chi connectivity index (χ0n) is 8.73. The molecule has 0 atom stereocenters. The molecule has 0 amide bonds. The Labute approximate surface area is 88.9 Å². The first-order valence-corrected chi connectivity index (χ1v) is 5.01. The Morgan fingerprint density at radius 2 is 2.27 bits per heavy atom. The average molecular weight is 202 g/mol. The van der Waals surface area contributed by atoms with Crippen LogP contribution in [0.3, 0.4) is 0 Å². The molecule has 2 rings (SSSR count). The summed E-state index contributed by atoms with van der Waals surface area (Å²) in [6.07, 6.45) is 2.43. The molecule has 2 aromatic rings. The third-order valence-electron chi connectivity index (χ3n) is 2.35. The topological polar surface area (TPSA) is 52.0 Å². The van der Waals surface area contributed by atoms with Gasteiger partial charge in [-0.1, -0.05) is 35.0 Å². The Morgan fingerprint density at radius 1 is 1.40 bits per heavy atom. The first-order valence-electron chi connectivity index (χ1n) is 5.01. The van der Waals surface area contributed by atoms with Crippen LogP contribution in [0.5, 0.6) is 0 Å². The number of aromatic nitrogens is 1. The van der Waals surface area contributed by atoms with E-state index >= 15 is 0 Å². The highest BCUT2D eigenvalue weighted by atomic mass is 16.5. The number of benzene rings is 1. The minimum absolute atomic E-state index is 0.589. The third kappa shape index (κ3) is 2.07. The molecule has 3 heteroatoms. The van der Waals surface area contributed by atoms with Crippen LogP contribution in [-0.4, -0.2) is 11.7 Å². The number of hydrogen-bond acceptors (Lipinski definition) is 3. The predicted octanol–water partition coefficient (Wildman–Crippen LogP) is 2.15. The first kappa shape index (κ1) is 9.93. The highest BCUT2D eigenvalue weighted by Crippen LogP contribution is 2.23. The molecule has 0 radical (unpaired) electrons. The summed E-state index contributed by atoms with van der Waals surface area (Å²) in [5.41, 5.74) is 9.86. The van der Waals surface area contributed by atoms with E-state index < -0.39 is 0 Å². The van der Waals surface area contributed by atoms with Crippen molar-refractivity contribution in [2.45, 2.75) is 13.3 Å². The van der Waals surface area contributed by atoms with E-state index in [1.54, 1.807) is 6.26 Å². The van der Waals surface area contributed by atoms with E-state index in [-0.39, 0.29) is 0 Å². The number of aryl methyl sites for hydroxylation is 1. The van der Waals surface area contributed by atoms with Gasteiger partial charge in [0.2, 0.25) is 0 Å². The van der Waals surface area contributed by atoms with E-state index in [1.807, 2.05) is 6.07 Å². The van der Waals surface area contributed by atoms with E-state index in [0.717, 1.165) is 23.2 Å². The summed E-state index contributed by atoms with van der Waals surface area (Å²) in [5, 5.41) is 3.96. The Kier molecular flexibility index (Phi) is 2.83. The molecule has 0 fully saturated rings. The van der Waals surface area contributed by atoms with Crippen molar-refractivity contribution in [1.82, 2.24) is 5.16 Å². The van der Waals surface area contributed by atoms with Crippen molar-refractivity contribution in [1.29, 1.82) is 0 Å². The zero-order valence-corrected chi connectivity index (χ0v) is 8.73. The van der Waals surface area contributed by atoms with Crippen LogP contribution in [0.2, 0.25) is 0 Å². The van der Waals surface area contributed by atoms with E-state index in [4.69, 9.17) is 10.3 Å². The van der Waals surface area contributed by atoms with Crippen molar-refractivity contribution in [2.75, 3.05) is 6.54 Å². The van der Waals surface area contributed by atoms with Crippen molar-refractivity contribution >= 4 is 0 Å². The van der Waals surface area contributed by atoms with Crippen molar-refractivity contribution < 1.29 is 4.52 Å². The highest BCUT2D eigenvalue weighted by Gasteiger charge is 2.08. The normalized spacial score (nSPS) is 10.5. The summed E-state index contributed by atoms with van der Waals surface area (Å²) < 4.78 is 4.99. The van der Waals surface area contributed by atoms with Gasteiger partial charge in [-0.25, -0.2) is 0 Å². The molecule has 0 saturated heterocycles. The molecule has 1 aromatic carbocycles. The fraction of sp³-hybridized carbons (Fsp3) is 0.250. The lowest BCUT2D eigenvalue weighted by Crippen LogP contribution is -2.03. The molecule has 0 spiro atoms. The second-order valence-corrected chi connectivity index (χ2v) is 3.58. The van der Waals surface area contributed by atoms with Crippen LogP contribution in [0.25, 0.3) is 11.1 Å². The minimum atomic E-state index is 0.589. The second-order valence-electron chi connectivity index (χ2n) is 3.58. The number of nitrogens with zero attached hydrogens (tertiary/aromatic N) is 1. The SMILES string of the molecule is Cc1cccc(-c2conc2CCN)c1. The maximum atomic E-state index is 5.51. The van der Waals surface area contributed by atoms with Gasteiger partial charge in [-0.3, -0.25) is 0 Å². The van der Waals surface area contributed by atoms with E-state index in [9.17, 15) is 0 Å². The van der Waals surface area contributed by atoms with Gasteiger partial charge < -0.3 is 10.3 Å². The highest BCUT2D eigenvalue weighted by molar-refractivity contribution is 5.65. The van der Waals surface area contributed by atoms with Gasteiger partial charge >= 0.3 is 0 Å². The molecule has 3 nitrogen and oxygen atoms in total. The number of rotatable bonds is 3. The lowest BCUT2D eigenvalue weighted by Gasteiger charge is -2.01. The molecule has 15 heavy (non-hydrogen) atoms. The van der Waals surface area contributed by atoms with Crippen molar-refractivity contribution in [3.05, 3.63) is 41.8 Å². The van der Waals surface area contributed by atoms with Gasteiger partial charge in [0.25, 0.3) is 0 Å². The summed E-state index contributed by atoms with van der Waals surface area (Å²) in [5.74, 6) is 0. The van der Waals surface area contributed by atoms with Crippen LogP contribution in [0.15, 0.2) is 35.1 Å². The number of nitrogens with two attached hydrogens (primary N) is 1. The Bertz CT molecular complexity index is 448. The molecule has 78 valence electrons. The molecule has 0 aliphatic rings. The molecule has 0 unspecified atom stereocenters. The van der Waals surface area contributed by atoms with Gasteiger partial charge in [-0.2, -0.15) is 0 Å². The van der Waals surface area contributed by atoms with Gasteiger partial charge in [0.1, 0.15) is 6.26 Å². The van der Waals surface area contributed by atoms with Gasteiger partial charge in [0, 0.05) is 12.0 Å². The molecule has 2 N–H and O–H groups in total. The first-order chi connectivity index (χ1) is 7.31. The Morgan fingerprint density at radius 3 is 3.00 bits per heavy atom. The van der Waals surface area contributed by atoms with Crippen LogP contribution in [0.4, 0.5) is 0 Å². The van der Waals surface area contributed by atoms with E-state index in [2.05, 4.69) is 30.3 Å². The standard InChI is InChI=1S/C12H14N2O/c1-9-3-2-4-10(7-9)11-8-15-14-12(11)5-6-13/h2-4,7-8H,5-6,13H2,1H3. The smallest absolute Gasteiger partial charge is 0.131 e. The Balaban J connectivity index is 2.40. The molecule has 0 aliphatic heterocycles. The summed E-state index contributed by atoms with van der Waals surface area (Å²) >= 11 is 0. The van der Waals surface area contributed by atoms with E-state index in [1.165, 1.54) is 5.56 Å². The largest absolute Gasteiger partial charge is 0.364 e. The molecule has 0 bridgehead atoms. The number of hydrogen-bond donors (Lipinski definition) is 1. The van der Waals surface area contributed by atoms with Crippen LogP contribution in [0.1, 0.15) is 11.3 Å². The quantitative estimate of drug-likeness (QED) is 0.829. The Hall–Kier alpha value is -1.61. The second kappa shape index (κ2) is 4.28. The molecule has 1 aromatic heterocycles.